The maximum absolute atomic E-state index is 12.7. The normalized spacial score (nSPS) is 32.6. The molecule has 0 aromatic carbocycles. The van der Waals surface area contributed by atoms with E-state index in [1.807, 2.05) is 4.90 Å². The maximum atomic E-state index is 12.7. The van der Waals surface area contributed by atoms with Crippen molar-refractivity contribution in [1.29, 1.82) is 0 Å². The second kappa shape index (κ2) is 8.36. The Morgan fingerprint density at radius 3 is 2.48 bits per heavy atom. The molecule has 7 nitrogen and oxygen atoms in total. The van der Waals surface area contributed by atoms with Gasteiger partial charge in [0.2, 0.25) is 11.8 Å². The molecule has 2 saturated heterocycles. The number of carboxylic acid groups (broad SMARTS) is 1. The Morgan fingerprint density at radius 2 is 1.80 bits per heavy atom. The number of nitrogens with two attached hydrogens (primary N) is 1. The van der Waals surface area contributed by atoms with Gasteiger partial charge < -0.3 is 15.7 Å². The highest BCUT2D eigenvalue weighted by molar-refractivity contribution is 5.85. The molecule has 0 bridgehead atoms. The minimum Gasteiger partial charge on any atom is -0.480 e. The molecule has 2 aliphatic heterocycles. The number of primary amides is 1. The first-order chi connectivity index (χ1) is 11.5. The van der Waals surface area contributed by atoms with E-state index in [-0.39, 0.29) is 42.7 Å². The third-order valence-electron chi connectivity index (χ3n) is 6.00. The van der Waals surface area contributed by atoms with Crippen molar-refractivity contribution < 1.29 is 19.5 Å². The summed E-state index contributed by atoms with van der Waals surface area (Å²) in [7, 11) is 0. The number of piperidine rings is 1. The Balaban J connectivity index is 0.00000225. The molecule has 4 unspecified atom stereocenters. The monoisotopic (exact) mass is 373 g/mol. The standard InChI is InChI=1S/C17H27N3O4.ClH/c18-16(22)12-5-3-7-19(9-12)15(21)10-20-13-6-2-1-4-11(13)8-14(20)17(23)24;/h11-14H,1-10H2,(H2,18,22)(H,23,24);1H. The van der Waals surface area contributed by atoms with E-state index in [0.29, 0.717) is 25.4 Å². The number of nitrogens with zero attached hydrogens (tertiary/aromatic N) is 2. The second-order valence-electron chi connectivity index (χ2n) is 7.46. The van der Waals surface area contributed by atoms with Gasteiger partial charge in [0.15, 0.2) is 0 Å². The third kappa shape index (κ3) is 4.26. The molecule has 0 aromatic heterocycles. The fraction of sp³-hybridized carbons (Fsp3) is 0.824. The van der Waals surface area contributed by atoms with E-state index < -0.39 is 12.0 Å². The van der Waals surface area contributed by atoms with Crippen LogP contribution in [-0.2, 0) is 14.4 Å². The van der Waals surface area contributed by atoms with Crippen LogP contribution in [0.15, 0.2) is 0 Å². The highest BCUT2D eigenvalue weighted by Gasteiger charge is 2.46. The summed E-state index contributed by atoms with van der Waals surface area (Å²) >= 11 is 0. The summed E-state index contributed by atoms with van der Waals surface area (Å²) in [6.45, 7) is 1.14. The summed E-state index contributed by atoms with van der Waals surface area (Å²) in [5.41, 5.74) is 5.38. The number of halogens is 1. The minimum absolute atomic E-state index is 0. The SMILES string of the molecule is Cl.NC(=O)C1CCCN(C(=O)CN2C(C(=O)O)CC3CCCCC32)C1. The van der Waals surface area contributed by atoms with Crippen molar-refractivity contribution in [3.8, 4) is 0 Å². The summed E-state index contributed by atoms with van der Waals surface area (Å²) in [6, 6.07) is -0.348. The molecule has 4 atom stereocenters. The molecular formula is C17H28ClN3O4. The van der Waals surface area contributed by atoms with Crippen LogP contribution in [0.25, 0.3) is 0 Å². The number of aliphatic carboxylic acids is 1. The fourth-order valence-corrected chi connectivity index (χ4v) is 4.72. The van der Waals surface area contributed by atoms with Crippen LogP contribution >= 0.6 is 12.4 Å². The van der Waals surface area contributed by atoms with Gasteiger partial charge in [-0.05, 0) is 38.0 Å². The predicted molar refractivity (Wildman–Crippen MR) is 94.2 cm³/mol. The fourth-order valence-electron chi connectivity index (χ4n) is 4.72. The van der Waals surface area contributed by atoms with Crippen LogP contribution in [0.5, 0.6) is 0 Å². The quantitative estimate of drug-likeness (QED) is 0.760. The highest BCUT2D eigenvalue weighted by atomic mass is 35.5. The van der Waals surface area contributed by atoms with Gasteiger partial charge in [-0.3, -0.25) is 19.3 Å². The first-order valence-electron chi connectivity index (χ1n) is 9.03. The first-order valence-corrected chi connectivity index (χ1v) is 9.03. The zero-order valence-electron chi connectivity index (χ0n) is 14.4. The second-order valence-corrected chi connectivity index (χ2v) is 7.46. The summed E-state index contributed by atoms with van der Waals surface area (Å²) in [5, 5.41) is 9.54. The number of hydrogen-bond acceptors (Lipinski definition) is 4. The van der Waals surface area contributed by atoms with Crippen molar-refractivity contribution >= 4 is 30.2 Å². The van der Waals surface area contributed by atoms with Crippen LogP contribution in [-0.4, -0.2) is 64.4 Å². The molecule has 2 amide bonds. The Hall–Kier alpha value is -1.34. The number of likely N-dealkylation sites (tertiary alicyclic amines) is 2. The topological polar surface area (TPSA) is 104 Å². The molecule has 3 fully saturated rings. The Kier molecular flexibility index (Phi) is 6.68. The third-order valence-corrected chi connectivity index (χ3v) is 6.00. The zero-order chi connectivity index (χ0) is 17.3. The van der Waals surface area contributed by atoms with Gasteiger partial charge in [-0.2, -0.15) is 0 Å². The van der Waals surface area contributed by atoms with Crippen molar-refractivity contribution in [3.05, 3.63) is 0 Å². The van der Waals surface area contributed by atoms with Gasteiger partial charge in [-0.1, -0.05) is 12.8 Å². The van der Waals surface area contributed by atoms with Crippen LogP contribution in [0, 0.1) is 11.8 Å². The Morgan fingerprint density at radius 1 is 1.08 bits per heavy atom. The minimum atomic E-state index is -0.828. The summed E-state index contributed by atoms with van der Waals surface area (Å²) in [5.74, 6) is -1.14. The smallest absolute Gasteiger partial charge is 0.320 e. The van der Waals surface area contributed by atoms with Gasteiger partial charge in [-0.15, -0.1) is 12.4 Å². The lowest BCUT2D eigenvalue weighted by Gasteiger charge is -2.36. The first kappa shape index (κ1) is 20.0. The van der Waals surface area contributed by atoms with Gasteiger partial charge in [0, 0.05) is 19.1 Å². The summed E-state index contributed by atoms with van der Waals surface area (Å²) in [6.07, 6.45) is 6.45. The van der Waals surface area contributed by atoms with Crippen molar-refractivity contribution in [2.45, 2.75) is 57.0 Å². The molecule has 3 rings (SSSR count). The van der Waals surface area contributed by atoms with Crippen LogP contribution in [0.1, 0.15) is 44.9 Å². The number of carbonyl (C=O) groups is 3. The van der Waals surface area contributed by atoms with E-state index in [1.54, 1.807) is 4.90 Å². The molecule has 0 spiro atoms. The lowest BCUT2D eigenvalue weighted by molar-refractivity contribution is -0.144. The number of amides is 2. The maximum Gasteiger partial charge on any atom is 0.320 e. The Labute approximate surface area is 154 Å². The van der Waals surface area contributed by atoms with E-state index in [9.17, 15) is 19.5 Å². The zero-order valence-corrected chi connectivity index (χ0v) is 15.2. The lowest BCUT2D eigenvalue weighted by Crippen LogP contribution is -2.51. The number of carbonyl (C=O) groups excluding carboxylic acids is 2. The molecule has 3 aliphatic rings. The van der Waals surface area contributed by atoms with Crippen LogP contribution in [0.2, 0.25) is 0 Å². The number of fused-ring (bicyclic) bond motifs is 1. The van der Waals surface area contributed by atoms with Crippen molar-refractivity contribution in [1.82, 2.24) is 9.80 Å². The summed E-state index contributed by atoms with van der Waals surface area (Å²) < 4.78 is 0. The van der Waals surface area contributed by atoms with Gasteiger partial charge in [0.05, 0.1) is 12.5 Å². The molecule has 3 N–H and O–H groups in total. The molecule has 0 aromatic rings. The van der Waals surface area contributed by atoms with E-state index in [4.69, 9.17) is 5.73 Å². The molecule has 1 aliphatic carbocycles. The van der Waals surface area contributed by atoms with Gasteiger partial charge in [0.1, 0.15) is 6.04 Å². The van der Waals surface area contributed by atoms with Crippen molar-refractivity contribution in [3.63, 3.8) is 0 Å². The van der Waals surface area contributed by atoms with E-state index in [2.05, 4.69) is 0 Å². The molecule has 0 radical (unpaired) electrons. The Bertz CT molecular complexity index is 530. The number of hydrogen-bond donors (Lipinski definition) is 2. The van der Waals surface area contributed by atoms with Gasteiger partial charge in [-0.25, -0.2) is 0 Å². The molecule has 2 heterocycles. The van der Waals surface area contributed by atoms with Crippen molar-refractivity contribution in [2.24, 2.45) is 17.6 Å². The van der Waals surface area contributed by atoms with E-state index in [0.717, 1.165) is 38.5 Å². The average molecular weight is 374 g/mol. The predicted octanol–water partition coefficient (Wildman–Crippen LogP) is 0.850. The largest absolute Gasteiger partial charge is 0.480 e. The molecule has 8 heteroatoms. The van der Waals surface area contributed by atoms with Crippen LogP contribution in [0.3, 0.4) is 0 Å². The average Bonchev–Trinajstić information content (AvgIpc) is 2.94. The molecule has 1 saturated carbocycles. The van der Waals surface area contributed by atoms with Crippen LogP contribution < -0.4 is 5.73 Å². The van der Waals surface area contributed by atoms with Gasteiger partial charge in [0.25, 0.3) is 0 Å². The van der Waals surface area contributed by atoms with Crippen LogP contribution in [0.4, 0.5) is 0 Å². The van der Waals surface area contributed by atoms with E-state index in [1.165, 1.54) is 0 Å². The molecule has 25 heavy (non-hydrogen) atoms. The van der Waals surface area contributed by atoms with E-state index >= 15 is 0 Å². The summed E-state index contributed by atoms with van der Waals surface area (Å²) in [4.78, 5) is 39.3. The highest BCUT2D eigenvalue weighted by Crippen LogP contribution is 2.39. The molecule has 142 valence electrons. The number of rotatable bonds is 4. The van der Waals surface area contributed by atoms with Crippen molar-refractivity contribution in [2.75, 3.05) is 19.6 Å². The number of carboxylic acids is 1. The molecular weight excluding hydrogens is 346 g/mol. The lowest BCUT2D eigenvalue weighted by atomic mass is 9.85. The van der Waals surface area contributed by atoms with Gasteiger partial charge >= 0.3 is 5.97 Å².